The van der Waals surface area contributed by atoms with Crippen molar-refractivity contribution in [3.63, 3.8) is 0 Å². The molecule has 0 spiro atoms. The second-order valence-corrected chi connectivity index (χ2v) is 5.38. The van der Waals surface area contributed by atoms with E-state index in [1.165, 1.54) is 19.3 Å². The van der Waals surface area contributed by atoms with Crippen LogP contribution in [0.1, 0.15) is 24.8 Å². The summed E-state index contributed by atoms with van der Waals surface area (Å²) in [5, 5.41) is 10.1. The molecule has 2 unspecified atom stereocenters. The van der Waals surface area contributed by atoms with E-state index in [2.05, 4.69) is 11.9 Å². The SMILES string of the molecule is COc1cccc(CN(C)C2CCCC2CN)c1O. The third kappa shape index (κ3) is 3.01. The summed E-state index contributed by atoms with van der Waals surface area (Å²) >= 11 is 0. The van der Waals surface area contributed by atoms with Gasteiger partial charge in [0.05, 0.1) is 7.11 Å². The molecule has 1 aliphatic rings. The van der Waals surface area contributed by atoms with E-state index in [1.54, 1.807) is 13.2 Å². The molecule has 0 radical (unpaired) electrons. The Hall–Kier alpha value is -1.26. The maximum Gasteiger partial charge on any atom is 0.162 e. The number of phenolic OH excluding ortho intramolecular Hbond substituents is 1. The third-order valence-corrected chi connectivity index (χ3v) is 4.21. The minimum absolute atomic E-state index is 0.249. The molecule has 0 saturated heterocycles. The number of phenols is 1. The smallest absolute Gasteiger partial charge is 0.162 e. The average molecular weight is 264 g/mol. The first-order valence-electron chi connectivity index (χ1n) is 6.92. The quantitative estimate of drug-likeness (QED) is 0.853. The normalized spacial score (nSPS) is 22.9. The van der Waals surface area contributed by atoms with Crippen LogP contribution in [0.4, 0.5) is 0 Å². The number of rotatable bonds is 5. The van der Waals surface area contributed by atoms with Crippen molar-refractivity contribution in [2.24, 2.45) is 11.7 Å². The van der Waals surface area contributed by atoms with Gasteiger partial charge >= 0.3 is 0 Å². The number of methoxy groups -OCH3 is 1. The Morgan fingerprint density at radius 1 is 1.42 bits per heavy atom. The van der Waals surface area contributed by atoms with Crippen molar-refractivity contribution in [3.05, 3.63) is 23.8 Å². The van der Waals surface area contributed by atoms with Gasteiger partial charge in [0.25, 0.3) is 0 Å². The van der Waals surface area contributed by atoms with E-state index in [-0.39, 0.29) is 5.75 Å². The van der Waals surface area contributed by atoms with Crippen LogP contribution < -0.4 is 10.5 Å². The zero-order valence-electron chi connectivity index (χ0n) is 11.8. The Morgan fingerprint density at radius 2 is 2.21 bits per heavy atom. The topological polar surface area (TPSA) is 58.7 Å². The van der Waals surface area contributed by atoms with E-state index in [9.17, 15) is 5.11 Å². The fourth-order valence-corrected chi connectivity index (χ4v) is 3.12. The van der Waals surface area contributed by atoms with Crippen LogP contribution in [-0.2, 0) is 6.54 Å². The van der Waals surface area contributed by atoms with Crippen molar-refractivity contribution < 1.29 is 9.84 Å². The molecule has 1 aromatic carbocycles. The number of aromatic hydroxyl groups is 1. The van der Waals surface area contributed by atoms with Crippen LogP contribution in [-0.4, -0.2) is 36.8 Å². The van der Waals surface area contributed by atoms with Crippen molar-refractivity contribution in [1.29, 1.82) is 0 Å². The van der Waals surface area contributed by atoms with Crippen molar-refractivity contribution in [1.82, 2.24) is 4.90 Å². The fraction of sp³-hybridized carbons (Fsp3) is 0.600. The van der Waals surface area contributed by atoms with Gasteiger partial charge in [-0.15, -0.1) is 0 Å². The average Bonchev–Trinajstić information content (AvgIpc) is 2.89. The Morgan fingerprint density at radius 3 is 2.89 bits per heavy atom. The number of hydrogen-bond acceptors (Lipinski definition) is 4. The summed E-state index contributed by atoms with van der Waals surface area (Å²) in [4.78, 5) is 2.30. The van der Waals surface area contributed by atoms with Gasteiger partial charge in [0.15, 0.2) is 11.5 Å². The minimum Gasteiger partial charge on any atom is -0.504 e. The molecule has 106 valence electrons. The Labute approximate surface area is 115 Å². The van der Waals surface area contributed by atoms with Gasteiger partial charge in [0.2, 0.25) is 0 Å². The number of hydrogen-bond donors (Lipinski definition) is 2. The molecule has 2 atom stereocenters. The molecular formula is C15H24N2O2. The first-order valence-corrected chi connectivity index (χ1v) is 6.92. The van der Waals surface area contributed by atoms with Gasteiger partial charge in [0, 0.05) is 18.2 Å². The highest BCUT2D eigenvalue weighted by atomic mass is 16.5. The standard InChI is InChI=1S/C15H24N2O2/c1-17(13-7-3-5-11(13)9-16)10-12-6-4-8-14(19-2)15(12)18/h4,6,8,11,13,18H,3,5,7,9-10,16H2,1-2H3. The summed E-state index contributed by atoms with van der Waals surface area (Å²) in [7, 11) is 3.68. The van der Waals surface area contributed by atoms with Gasteiger partial charge in [-0.1, -0.05) is 18.6 Å². The van der Waals surface area contributed by atoms with E-state index >= 15 is 0 Å². The van der Waals surface area contributed by atoms with Crippen LogP contribution in [0.2, 0.25) is 0 Å². The molecule has 1 saturated carbocycles. The van der Waals surface area contributed by atoms with Gasteiger partial charge < -0.3 is 15.6 Å². The molecule has 0 aromatic heterocycles. The van der Waals surface area contributed by atoms with Gasteiger partial charge in [-0.2, -0.15) is 0 Å². The highest BCUT2D eigenvalue weighted by Gasteiger charge is 2.29. The molecule has 3 N–H and O–H groups in total. The molecule has 1 aromatic rings. The van der Waals surface area contributed by atoms with Crippen LogP contribution in [0.15, 0.2) is 18.2 Å². The molecule has 1 fully saturated rings. The lowest BCUT2D eigenvalue weighted by molar-refractivity contribution is 0.190. The Bertz CT molecular complexity index is 423. The summed E-state index contributed by atoms with van der Waals surface area (Å²) in [6, 6.07) is 6.16. The van der Waals surface area contributed by atoms with Gasteiger partial charge in [-0.3, -0.25) is 4.90 Å². The van der Waals surface area contributed by atoms with Crippen molar-refractivity contribution in [2.45, 2.75) is 31.8 Å². The summed E-state index contributed by atoms with van der Waals surface area (Å²) in [5.74, 6) is 1.37. The predicted octanol–water partition coefficient (Wildman–Crippen LogP) is 1.96. The first-order chi connectivity index (χ1) is 9.17. The Kier molecular flexibility index (Phi) is 4.66. The summed E-state index contributed by atoms with van der Waals surface area (Å²) < 4.78 is 5.15. The molecule has 0 amide bonds. The van der Waals surface area contributed by atoms with Crippen molar-refractivity contribution >= 4 is 0 Å². The number of ether oxygens (including phenoxy) is 1. The van der Waals surface area contributed by atoms with Crippen LogP contribution in [0.3, 0.4) is 0 Å². The second kappa shape index (κ2) is 6.26. The molecule has 0 heterocycles. The predicted molar refractivity (Wildman–Crippen MR) is 76.3 cm³/mol. The zero-order valence-corrected chi connectivity index (χ0v) is 11.8. The van der Waals surface area contributed by atoms with E-state index in [1.807, 2.05) is 12.1 Å². The highest BCUT2D eigenvalue weighted by Crippen LogP contribution is 2.33. The van der Waals surface area contributed by atoms with Gasteiger partial charge in [-0.05, 0) is 38.4 Å². The molecule has 0 bridgehead atoms. The fourth-order valence-electron chi connectivity index (χ4n) is 3.12. The lowest BCUT2D eigenvalue weighted by Gasteiger charge is -2.29. The molecular weight excluding hydrogens is 240 g/mol. The molecule has 19 heavy (non-hydrogen) atoms. The van der Waals surface area contributed by atoms with Crippen LogP contribution in [0, 0.1) is 5.92 Å². The Balaban J connectivity index is 2.08. The summed E-state index contributed by atoms with van der Waals surface area (Å²) in [6.45, 7) is 1.48. The zero-order chi connectivity index (χ0) is 13.8. The maximum atomic E-state index is 10.1. The van der Waals surface area contributed by atoms with Crippen LogP contribution in [0.5, 0.6) is 11.5 Å². The molecule has 4 heteroatoms. The number of para-hydroxylation sites is 1. The van der Waals surface area contributed by atoms with Crippen LogP contribution >= 0.6 is 0 Å². The second-order valence-electron chi connectivity index (χ2n) is 5.38. The van der Waals surface area contributed by atoms with Gasteiger partial charge in [-0.25, -0.2) is 0 Å². The van der Waals surface area contributed by atoms with E-state index < -0.39 is 0 Å². The number of nitrogens with zero attached hydrogens (tertiary/aromatic N) is 1. The molecule has 0 aliphatic heterocycles. The maximum absolute atomic E-state index is 10.1. The van der Waals surface area contributed by atoms with Crippen LogP contribution in [0.25, 0.3) is 0 Å². The molecule has 4 nitrogen and oxygen atoms in total. The highest BCUT2D eigenvalue weighted by molar-refractivity contribution is 5.45. The molecule has 1 aliphatic carbocycles. The van der Waals surface area contributed by atoms with Gasteiger partial charge in [0.1, 0.15) is 0 Å². The number of benzene rings is 1. The van der Waals surface area contributed by atoms with E-state index in [4.69, 9.17) is 10.5 Å². The number of nitrogens with two attached hydrogens (primary N) is 1. The van der Waals surface area contributed by atoms with E-state index in [0.717, 1.165) is 18.7 Å². The van der Waals surface area contributed by atoms with Crippen molar-refractivity contribution in [3.8, 4) is 11.5 Å². The lowest BCUT2D eigenvalue weighted by atomic mass is 10.0. The van der Waals surface area contributed by atoms with Crippen molar-refractivity contribution in [2.75, 3.05) is 20.7 Å². The first kappa shape index (κ1) is 14.2. The monoisotopic (exact) mass is 264 g/mol. The summed E-state index contributed by atoms with van der Waals surface area (Å²) in [6.07, 6.45) is 3.67. The molecule has 2 rings (SSSR count). The minimum atomic E-state index is 0.249. The van der Waals surface area contributed by atoms with E-state index in [0.29, 0.717) is 17.7 Å². The summed E-state index contributed by atoms with van der Waals surface area (Å²) in [5.41, 5.74) is 6.74. The lowest BCUT2D eigenvalue weighted by Crippen LogP contribution is -2.37. The third-order valence-electron chi connectivity index (χ3n) is 4.21. The largest absolute Gasteiger partial charge is 0.504 e.